The molecule has 6 heteroatoms. The molecule has 0 heterocycles. The molecule has 2 aromatic carbocycles. The molecule has 0 spiro atoms. The monoisotopic (exact) mass is 867 g/mol. The van der Waals surface area contributed by atoms with Gasteiger partial charge in [0.15, 0.2) is 19.7 Å². The predicted octanol–water partition coefficient (Wildman–Crippen LogP) is 15.6. The summed E-state index contributed by atoms with van der Waals surface area (Å²) in [6, 6.07) is 17.6. The van der Waals surface area contributed by atoms with Crippen LogP contribution in [0.1, 0.15) is 154 Å². The molecule has 0 bridgehead atoms. The number of hydrogen-bond acceptors (Lipinski definition) is 4. The molecule has 2 atom stereocenters. The van der Waals surface area contributed by atoms with Gasteiger partial charge in [0.1, 0.15) is 0 Å². The molecule has 2 aliphatic carbocycles. The molecule has 2 aliphatic rings. The van der Waals surface area contributed by atoms with E-state index in [2.05, 4.69) is 85.8 Å². The average molecular weight is 867 g/mol. The van der Waals surface area contributed by atoms with Crippen molar-refractivity contribution in [2.75, 3.05) is 0 Å². The minimum Gasteiger partial charge on any atom is -0.223 e. The quantitative estimate of drug-likeness (QED) is 0.0902. The topological polar surface area (TPSA) is 68.3 Å². The van der Waals surface area contributed by atoms with Crippen molar-refractivity contribution in [3.63, 3.8) is 0 Å². The van der Waals surface area contributed by atoms with Gasteiger partial charge in [-0.3, -0.25) is 0 Å². The van der Waals surface area contributed by atoms with Gasteiger partial charge in [0.25, 0.3) is 0 Å². The summed E-state index contributed by atoms with van der Waals surface area (Å²) < 4.78 is 53.5. The number of sulfone groups is 2. The smallest absolute Gasteiger partial charge is 0.185 e. The predicted molar refractivity (Wildman–Crippen MR) is 263 cm³/mol. The second-order valence-corrected chi connectivity index (χ2v) is 23.2. The maximum atomic E-state index is 13.5. The zero-order chi connectivity index (χ0) is 45.4. The Kier molecular flexibility index (Phi) is 20.0. The van der Waals surface area contributed by atoms with E-state index in [1.807, 2.05) is 58.1 Å². The van der Waals surface area contributed by atoms with Crippen LogP contribution >= 0.6 is 0 Å². The van der Waals surface area contributed by atoms with E-state index in [-0.39, 0.29) is 10.8 Å². The Hall–Kier alpha value is -3.74. The van der Waals surface area contributed by atoms with E-state index in [0.29, 0.717) is 22.6 Å². The Morgan fingerprint density at radius 1 is 0.639 bits per heavy atom. The first-order valence-corrected chi connectivity index (χ1v) is 25.7. The van der Waals surface area contributed by atoms with Gasteiger partial charge in [0.05, 0.1) is 20.3 Å². The fourth-order valence-corrected chi connectivity index (χ4v) is 12.1. The lowest BCUT2D eigenvalue weighted by Gasteiger charge is -2.33. The van der Waals surface area contributed by atoms with Crippen LogP contribution in [0.5, 0.6) is 0 Å². The van der Waals surface area contributed by atoms with Crippen molar-refractivity contribution in [3.05, 3.63) is 154 Å². The van der Waals surface area contributed by atoms with E-state index in [4.69, 9.17) is 0 Å². The summed E-state index contributed by atoms with van der Waals surface area (Å²) >= 11 is 0. The molecule has 0 saturated carbocycles. The summed E-state index contributed by atoms with van der Waals surface area (Å²) in [7, 11) is -6.90. The third kappa shape index (κ3) is 15.5. The van der Waals surface area contributed by atoms with Crippen molar-refractivity contribution in [1.29, 1.82) is 0 Å². The first-order valence-electron chi connectivity index (χ1n) is 22.6. The Bertz CT molecular complexity index is 2220. The molecule has 4 nitrogen and oxygen atoms in total. The van der Waals surface area contributed by atoms with Crippen LogP contribution in [0.15, 0.2) is 164 Å². The molecule has 0 aliphatic heterocycles. The number of rotatable bonds is 17. The summed E-state index contributed by atoms with van der Waals surface area (Å²) in [5.41, 5.74) is 10.2. The Morgan fingerprint density at radius 3 is 1.39 bits per heavy atom. The molecule has 0 aromatic heterocycles. The van der Waals surface area contributed by atoms with Crippen molar-refractivity contribution in [3.8, 4) is 0 Å². The lowest BCUT2D eigenvalue weighted by atomic mass is 9.72. The molecule has 2 unspecified atom stereocenters. The van der Waals surface area contributed by atoms with Crippen molar-refractivity contribution >= 4 is 19.7 Å². The second-order valence-electron chi connectivity index (χ2n) is 18.9. The van der Waals surface area contributed by atoms with Gasteiger partial charge in [0.2, 0.25) is 0 Å². The standard InChI is InChI=1S/C29H42O2S.C26H36O2S/c1-7-8-10-14-23(2)21-27(32(30,31)26-16-11-9-12-17-26)22-24(3)18-19-28-25(4)15-13-20-29(28,5)6;1-7-20(2)18-24(29(27,28)23-13-9-8-10-14-23)19-21(3)15-16-25-22(4)12-11-17-26(25,5)6/h9,11-12,14,16-19,22,27H,7-8,10,13,15,20-21H2,1-6H3;7-10,13-16,19,24H,11-12,17-18H2,1-6H3/b19-18+,23-14+,24-22+;16-15+,20-7+,21-19+. The minimum atomic E-state index is -3.46. The molecule has 0 amide bonds. The van der Waals surface area contributed by atoms with Crippen molar-refractivity contribution in [2.45, 2.75) is 174 Å². The Labute approximate surface area is 373 Å². The maximum Gasteiger partial charge on any atom is 0.185 e. The highest BCUT2D eigenvalue weighted by molar-refractivity contribution is 7.92. The lowest BCUT2D eigenvalue weighted by Crippen LogP contribution is -2.20. The second kappa shape index (κ2) is 23.6. The first kappa shape index (κ1) is 51.6. The van der Waals surface area contributed by atoms with Gasteiger partial charge >= 0.3 is 0 Å². The molecule has 61 heavy (non-hydrogen) atoms. The van der Waals surface area contributed by atoms with Crippen LogP contribution in [0, 0.1) is 10.8 Å². The van der Waals surface area contributed by atoms with Gasteiger partial charge < -0.3 is 0 Å². The Morgan fingerprint density at radius 2 is 1.03 bits per heavy atom. The fraction of sp³-hybridized carbons (Fsp3) is 0.491. The molecule has 2 aromatic rings. The fourth-order valence-electron chi connectivity index (χ4n) is 8.62. The summed E-state index contributed by atoms with van der Waals surface area (Å²) in [5, 5.41) is -1.14. The van der Waals surface area contributed by atoms with E-state index < -0.39 is 30.2 Å². The van der Waals surface area contributed by atoms with Crippen molar-refractivity contribution in [2.24, 2.45) is 10.8 Å². The van der Waals surface area contributed by atoms with Crippen LogP contribution in [-0.4, -0.2) is 27.3 Å². The van der Waals surface area contributed by atoms with Crippen LogP contribution in [0.3, 0.4) is 0 Å². The van der Waals surface area contributed by atoms with E-state index >= 15 is 0 Å². The number of allylic oxidation sites excluding steroid dienone is 14. The average Bonchev–Trinajstić information content (AvgIpc) is 3.20. The van der Waals surface area contributed by atoms with Gasteiger partial charge in [-0.25, -0.2) is 16.8 Å². The summed E-state index contributed by atoms with van der Waals surface area (Å²) in [6.07, 6.45) is 28.2. The molecule has 0 N–H and O–H groups in total. The summed E-state index contributed by atoms with van der Waals surface area (Å²) in [5.74, 6) is 0. The largest absolute Gasteiger partial charge is 0.223 e. The van der Waals surface area contributed by atoms with Gasteiger partial charge in [-0.05, 0) is 152 Å². The Balaban J connectivity index is 0.000000327. The van der Waals surface area contributed by atoms with E-state index in [0.717, 1.165) is 54.4 Å². The highest BCUT2D eigenvalue weighted by Crippen LogP contribution is 2.42. The van der Waals surface area contributed by atoms with Gasteiger partial charge in [-0.15, -0.1) is 0 Å². The molecular weight excluding hydrogens is 789 g/mol. The third-order valence-electron chi connectivity index (χ3n) is 12.5. The molecule has 0 radical (unpaired) electrons. The summed E-state index contributed by atoms with van der Waals surface area (Å²) in [6.45, 7) is 25.9. The maximum absolute atomic E-state index is 13.5. The lowest BCUT2D eigenvalue weighted by molar-refractivity contribution is 0.376. The van der Waals surface area contributed by atoms with Gasteiger partial charge in [0, 0.05) is 0 Å². The first-order chi connectivity index (χ1) is 28.6. The number of hydrogen-bond donors (Lipinski definition) is 0. The van der Waals surface area contributed by atoms with Gasteiger partial charge in [-0.1, -0.05) is 166 Å². The zero-order valence-corrected chi connectivity index (χ0v) is 41.4. The van der Waals surface area contributed by atoms with Crippen LogP contribution in [0.2, 0.25) is 0 Å². The SMILES string of the molecule is C/C=C(\C)CC(/C=C(C)/C=C/C1=C(C)CCCC1(C)C)S(=O)(=O)c1ccccc1.CCCC/C=C(\C)CC(/C=C(C)/C=C/C1=C(C)CCCC1(C)C)S(=O)(=O)c1ccccc1. The van der Waals surface area contributed by atoms with Crippen LogP contribution in [0.25, 0.3) is 0 Å². The third-order valence-corrected chi connectivity index (χ3v) is 16.6. The number of unbranched alkanes of at least 4 members (excludes halogenated alkanes) is 2. The van der Waals surface area contributed by atoms with E-state index in [9.17, 15) is 16.8 Å². The highest BCUT2D eigenvalue weighted by atomic mass is 32.2. The van der Waals surface area contributed by atoms with Gasteiger partial charge in [-0.2, -0.15) is 0 Å². The van der Waals surface area contributed by atoms with Crippen LogP contribution in [0.4, 0.5) is 0 Å². The number of benzene rings is 2. The van der Waals surface area contributed by atoms with Crippen LogP contribution < -0.4 is 0 Å². The van der Waals surface area contributed by atoms with Crippen molar-refractivity contribution in [1.82, 2.24) is 0 Å². The highest BCUT2D eigenvalue weighted by Gasteiger charge is 2.29. The molecule has 0 saturated heterocycles. The molecule has 0 fully saturated rings. The molecule has 4 rings (SSSR count). The zero-order valence-electron chi connectivity index (χ0n) is 39.8. The van der Waals surface area contributed by atoms with E-state index in [1.165, 1.54) is 48.0 Å². The van der Waals surface area contributed by atoms with E-state index in [1.54, 1.807) is 48.5 Å². The molecular formula is C55H78O4S2. The summed E-state index contributed by atoms with van der Waals surface area (Å²) in [4.78, 5) is 0.778. The van der Waals surface area contributed by atoms with Crippen LogP contribution in [-0.2, 0) is 19.7 Å². The van der Waals surface area contributed by atoms with Crippen molar-refractivity contribution < 1.29 is 16.8 Å². The normalized spacial score (nSPS) is 19.3. The minimum absolute atomic E-state index is 0.174. The molecule has 334 valence electrons.